The Kier molecular flexibility index (Phi) is 5.70. The van der Waals surface area contributed by atoms with E-state index in [0.717, 1.165) is 12.1 Å². The first-order valence-corrected chi connectivity index (χ1v) is 11.5. The molecule has 0 fully saturated rings. The summed E-state index contributed by atoms with van der Waals surface area (Å²) in [4.78, 5) is 3.86. The van der Waals surface area contributed by atoms with Crippen LogP contribution in [0.3, 0.4) is 0 Å². The van der Waals surface area contributed by atoms with Gasteiger partial charge in [0.2, 0.25) is 0 Å². The quantitative estimate of drug-likeness (QED) is 0.770. The molecule has 2 rings (SSSR count). The summed E-state index contributed by atoms with van der Waals surface area (Å²) in [6, 6.07) is 3.15. The van der Waals surface area contributed by atoms with Crippen LogP contribution in [0.2, 0.25) is 18.1 Å². The second kappa shape index (κ2) is 7.17. The van der Waals surface area contributed by atoms with Crippen LogP contribution in [0.1, 0.15) is 33.3 Å². The number of aliphatic hydroxyl groups is 1. The molecule has 0 spiro atoms. The van der Waals surface area contributed by atoms with E-state index >= 15 is 0 Å². The van der Waals surface area contributed by atoms with Crippen molar-refractivity contribution >= 4 is 8.32 Å². The van der Waals surface area contributed by atoms with Gasteiger partial charge in [0, 0.05) is 11.6 Å². The minimum Gasteiger partial charge on any atom is -0.411 e. The van der Waals surface area contributed by atoms with Crippen molar-refractivity contribution in [1.82, 2.24) is 14.8 Å². The third-order valence-electron chi connectivity index (χ3n) is 5.22. The Morgan fingerprint density at radius 2 is 1.92 bits per heavy atom. The van der Waals surface area contributed by atoms with Gasteiger partial charge in [0.1, 0.15) is 29.9 Å². The molecule has 1 heterocycles. The SMILES string of the molecule is CC(O[Si](C)(C)C(C)(C)C)C(O)(Cn1cncn1)c1ccc(F)cc1F. The molecule has 144 valence electrons. The smallest absolute Gasteiger partial charge is 0.192 e. The monoisotopic (exact) mass is 383 g/mol. The standard InChI is InChI=1S/C18H27F2N3O2Si/c1-13(25-26(5,6)17(2,3)4)18(24,10-23-12-21-11-22-23)15-8-7-14(19)9-16(15)20/h7-9,11-13,24H,10H2,1-6H3. The fourth-order valence-electron chi connectivity index (χ4n) is 2.55. The van der Waals surface area contributed by atoms with Crippen LogP contribution < -0.4 is 0 Å². The third-order valence-corrected chi connectivity index (χ3v) is 9.77. The van der Waals surface area contributed by atoms with Crippen molar-refractivity contribution in [3.8, 4) is 0 Å². The van der Waals surface area contributed by atoms with E-state index < -0.39 is 31.7 Å². The molecular weight excluding hydrogens is 356 g/mol. The van der Waals surface area contributed by atoms with Gasteiger partial charge in [-0.3, -0.25) is 0 Å². The van der Waals surface area contributed by atoms with Gasteiger partial charge in [0.25, 0.3) is 0 Å². The second-order valence-corrected chi connectivity index (χ2v) is 12.9. The zero-order valence-corrected chi connectivity index (χ0v) is 17.1. The second-order valence-electron chi connectivity index (χ2n) is 8.16. The topological polar surface area (TPSA) is 60.2 Å². The highest BCUT2D eigenvalue weighted by Crippen LogP contribution is 2.40. The van der Waals surface area contributed by atoms with Crippen LogP contribution in [-0.4, -0.2) is 34.3 Å². The number of hydrogen-bond acceptors (Lipinski definition) is 4. The summed E-state index contributed by atoms with van der Waals surface area (Å²) >= 11 is 0. The summed E-state index contributed by atoms with van der Waals surface area (Å²) in [6.07, 6.45) is 2.03. The Bertz CT molecular complexity index is 747. The van der Waals surface area contributed by atoms with E-state index in [1.807, 2.05) is 0 Å². The van der Waals surface area contributed by atoms with Crippen molar-refractivity contribution in [3.05, 3.63) is 48.1 Å². The molecule has 0 aliphatic carbocycles. The molecule has 0 saturated carbocycles. The van der Waals surface area contributed by atoms with Crippen molar-refractivity contribution < 1.29 is 18.3 Å². The summed E-state index contributed by atoms with van der Waals surface area (Å²) in [5.41, 5.74) is -1.76. The molecule has 2 aromatic rings. The van der Waals surface area contributed by atoms with Gasteiger partial charge in [-0.15, -0.1) is 0 Å². The molecule has 1 aromatic carbocycles. The van der Waals surface area contributed by atoms with E-state index in [1.54, 1.807) is 6.92 Å². The van der Waals surface area contributed by atoms with Gasteiger partial charge in [-0.2, -0.15) is 5.10 Å². The van der Waals surface area contributed by atoms with Crippen LogP contribution in [0.15, 0.2) is 30.9 Å². The predicted octanol–water partition coefficient (Wildman–Crippen LogP) is 3.85. The van der Waals surface area contributed by atoms with Gasteiger partial charge in [-0.25, -0.2) is 18.4 Å². The van der Waals surface area contributed by atoms with E-state index in [9.17, 15) is 13.9 Å². The number of hydrogen-bond donors (Lipinski definition) is 1. The van der Waals surface area contributed by atoms with Crippen LogP contribution in [0.4, 0.5) is 8.78 Å². The van der Waals surface area contributed by atoms with Crippen LogP contribution in [0.25, 0.3) is 0 Å². The molecule has 0 bridgehead atoms. The maximum absolute atomic E-state index is 14.5. The number of nitrogens with zero attached hydrogens (tertiary/aromatic N) is 3. The van der Waals surface area contributed by atoms with Crippen molar-refractivity contribution in [3.63, 3.8) is 0 Å². The lowest BCUT2D eigenvalue weighted by Gasteiger charge is -2.43. The summed E-state index contributed by atoms with van der Waals surface area (Å²) < 4.78 is 35.6. The number of halogens is 2. The van der Waals surface area contributed by atoms with Crippen LogP contribution in [-0.2, 0) is 16.6 Å². The average molecular weight is 384 g/mol. The molecule has 5 nitrogen and oxygen atoms in total. The zero-order valence-electron chi connectivity index (χ0n) is 16.1. The number of aromatic nitrogens is 3. The summed E-state index contributed by atoms with van der Waals surface area (Å²) in [5, 5.41) is 15.4. The molecule has 1 N–H and O–H groups in total. The molecule has 0 aliphatic rings. The van der Waals surface area contributed by atoms with Crippen LogP contribution in [0, 0.1) is 11.6 Å². The lowest BCUT2D eigenvalue weighted by Crippen LogP contribution is -2.51. The zero-order chi connectivity index (χ0) is 19.8. The maximum atomic E-state index is 14.5. The highest BCUT2D eigenvalue weighted by molar-refractivity contribution is 6.74. The highest BCUT2D eigenvalue weighted by atomic mass is 28.4. The van der Waals surface area contributed by atoms with E-state index in [2.05, 4.69) is 43.9 Å². The molecule has 26 heavy (non-hydrogen) atoms. The lowest BCUT2D eigenvalue weighted by molar-refractivity contribution is -0.0810. The van der Waals surface area contributed by atoms with E-state index in [-0.39, 0.29) is 17.1 Å². The summed E-state index contributed by atoms with van der Waals surface area (Å²) in [7, 11) is -2.24. The molecule has 0 aliphatic heterocycles. The van der Waals surface area contributed by atoms with Gasteiger partial charge in [-0.1, -0.05) is 26.8 Å². The Balaban J connectivity index is 2.46. The van der Waals surface area contributed by atoms with Crippen LogP contribution >= 0.6 is 0 Å². The molecule has 0 saturated heterocycles. The lowest BCUT2D eigenvalue weighted by atomic mass is 9.88. The molecular formula is C18H27F2N3O2Si. The predicted molar refractivity (Wildman–Crippen MR) is 98.0 cm³/mol. The van der Waals surface area contributed by atoms with Crippen molar-refractivity contribution in [2.45, 2.75) is 64.1 Å². The molecule has 0 amide bonds. The first-order valence-electron chi connectivity index (χ1n) is 8.55. The minimum absolute atomic E-state index is 0.0272. The minimum atomic E-state index is -2.24. The summed E-state index contributed by atoms with van der Waals surface area (Å²) in [6.45, 7) is 12.0. The normalized spacial score (nSPS) is 16.3. The fourth-order valence-corrected chi connectivity index (χ4v) is 3.98. The molecule has 8 heteroatoms. The van der Waals surface area contributed by atoms with Gasteiger partial charge in [-0.05, 0) is 31.1 Å². The van der Waals surface area contributed by atoms with E-state index in [1.165, 1.54) is 23.4 Å². The summed E-state index contributed by atoms with van der Waals surface area (Å²) in [5.74, 6) is -1.52. The first-order chi connectivity index (χ1) is 11.9. The van der Waals surface area contributed by atoms with Crippen LogP contribution in [0.5, 0.6) is 0 Å². The van der Waals surface area contributed by atoms with Gasteiger partial charge in [0.15, 0.2) is 8.32 Å². The largest absolute Gasteiger partial charge is 0.411 e. The Morgan fingerprint density at radius 3 is 2.42 bits per heavy atom. The highest BCUT2D eigenvalue weighted by Gasteiger charge is 2.46. The Morgan fingerprint density at radius 1 is 1.27 bits per heavy atom. The van der Waals surface area contributed by atoms with Crippen molar-refractivity contribution in [2.75, 3.05) is 0 Å². The van der Waals surface area contributed by atoms with Gasteiger partial charge in [0.05, 0.1) is 12.6 Å². The van der Waals surface area contributed by atoms with Gasteiger partial charge < -0.3 is 9.53 Å². The fraction of sp³-hybridized carbons (Fsp3) is 0.556. The van der Waals surface area contributed by atoms with E-state index in [4.69, 9.17) is 4.43 Å². The van der Waals surface area contributed by atoms with Gasteiger partial charge >= 0.3 is 0 Å². The molecule has 0 radical (unpaired) electrons. The Labute approximate surface area is 154 Å². The number of benzene rings is 1. The first kappa shape index (κ1) is 20.7. The van der Waals surface area contributed by atoms with Crippen molar-refractivity contribution in [2.24, 2.45) is 0 Å². The number of rotatable bonds is 6. The molecule has 2 atom stereocenters. The maximum Gasteiger partial charge on any atom is 0.192 e. The molecule has 1 aromatic heterocycles. The third kappa shape index (κ3) is 4.19. The Hall–Kier alpha value is -1.64. The average Bonchev–Trinajstić information content (AvgIpc) is 2.97. The molecule has 2 unspecified atom stereocenters. The van der Waals surface area contributed by atoms with E-state index in [0.29, 0.717) is 0 Å². The van der Waals surface area contributed by atoms with Crippen molar-refractivity contribution in [1.29, 1.82) is 0 Å².